The summed E-state index contributed by atoms with van der Waals surface area (Å²) in [5, 5.41) is 3.52. The number of hydrogen-bond donors (Lipinski definition) is 2. The van der Waals surface area contributed by atoms with Gasteiger partial charge in [-0.1, -0.05) is 28.9 Å². The molecule has 0 unspecified atom stereocenters. The zero-order chi connectivity index (χ0) is 11.6. The third-order valence-electron chi connectivity index (χ3n) is 3.63. The van der Waals surface area contributed by atoms with Crippen LogP contribution in [-0.2, 0) is 6.54 Å². The minimum absolute atomic E-state index is 0.601. The molecular formula is C13H19BrN2. The largest absolute Gasteiger partial charge is 0.398 e. The van der Waals surface area contributed by atoms with Gasteiger partial charge in [-0.25, -0.2) is 0 Å². The van der Waals surface area contributed by atoms with Gasteiger partial charge in [-0.2, -0.15) is 0 Å². The van der Waals surface area contributed by atoms with Crippen molar-refractivity contribution >= 4 is 21.6 Å². The molecule has 1 aliphatic carbocycles. The van der Waals surface area contributed by atoms with Gasteiger partial charge in [-0.15, -0.1) is 0 Å². The molecule has 0 spiro atoms. The van der Waals surface area contributed by atoms with Gasteiger partial charge in [-0.05, 0) is 42.4 Å². The second-order valence-electron chi connectivity index (χ2n) is 4.80. The van der Waals surface area contributed by atoms with Gasteiger partial charge in [0.05, 0.1) is 0 Å². The van der Waals surface area contributed by atoms with E-state index in [0.717, 1.165) is 23.2 Å². The lowest BCUT2D eigenvalue weighted by Gasteiger charge is -2.14. The summed E-state index contributed by atoms with van der Waals surface area (Å²) in [6.45, 7) is 4.28. The number of nitrogen functional groups attached to an aromatic ring is 1. The molecule has 88 valence electrons. The van der Waals surface area contributed by atoms with E-state index >= 15 is 0 Å². The fraction of sp³-hybridized carbons (Fsp3) is 0.538. The highest BCUT2D eigenvalue weighted by Gasteiger charge is 2.39. The number of anilines is 1. The molecule has 0 aliphatic heterocycles. The molecule has 0 aromatic heterocycles. The van der Waals surface area contributed by atoms with Crippen LogP contribution < -0.4 is 11.1 Å². The van der Waals surface area contributed by atoms with Crippen LogP contribution in [-0.4, -0.2) is 6.54 Å². The van der Waals surface area contributed by atoms with Crippen LogP contribution in [0.1, 0.15) is 31.7 Å². The molecule has 1 fully saturated rings. The van der Waals surface area contributed by atoms with E-state index in [-0.39, 0.29) is 0 Å². The molecule has 1 aliphatic rings. The Morgan fingerprint density at radius 3 is 2.75 bits per heavy atom. The molecule has 0 bridgehead atoms. The van der Waals surface area contributed by atoms with Crippen LogP contribution in [0.2, 0.25) is 0 Å². The maximum absolute atomic E-state index is 5.95. The SMILES string of the molecule is CCC1(CNCc2ccc(Br)cc2N)CC1. The lowest BCUT2D eigenvalue weighted by molar-refractivity contribution is 0.443. The van der Waals surface area contributed by atoms with Crippen molar-refractivity contribution in [2.45, 2.75) is 32.7 Å². The Morgan fingerprint density at radius 2 is 2.19 bits per heavy atom. The first kappa shape index (κ1) is 11.9. The summed E-state index contributed by atoms with van der Waals surface area (Å²) < 4.78 is 1.04. The Labute approximate surface area is 106 Å². The predicted molar refractivity (Wildman–Crippen MR) is 72.2 cm³/mol. The normalized spacial score (nSPS) is 17.4. The second-order valence-corrected chi connectivity index (χ2v) is 5.72. The molecule has 16 heavy (non-hydrogen) atoms. The summed E-state index contributed by atoms with van der Waals surface area (Å²) in [5.74, 6) is 0. The van der Waals surface area contributed by atoms with Crippen LogP contribution in [0.15, 0.2) is 22.7 Å². The van der Waals surface area contributed by atoms with Crippen LogP contribution in [0.5, 0.6) is 0 Å². The van der Waals surface area contributed by atoms with Crippen molar-refractivity contribution < 1.29 is 0 Å². The highest BCUT2D eigenvalue weighted by molar-refractivity contribution is 9.10. The van der Waals surface area contributed by atoms with E-state index in [1.54, 1.807) is 0 Å². The van der Waals surface area contributed by atoms with Gasteiger partial charge in [0.15, 0.2) is 0 Å². The minimum Gasteiger partial charge on any atom is -0.398 e. The molecule has 0 amide bonds. The van der Waals surface area contributed by atoms with E-state index in [1.165, 1.54) is 24.8 Å². The van der Waals surface area contributed by atoms with Crippen molar-refractivity contribution in [3.8, 4) is 0 Å². The van der Waals surface area contributed by atoms with Gasteiger partial charge >= 0.3 is 0 Å². The van der Waals surface area contributed by atoms with E-state index in [1.807, 2.05) is 12.1 Å². The first-order valence-electron chi connectivity index (χ1n) is 5.90. The smallest absolute Gasteiger partial charge is 0.0370 e. The summed E-state index contributed by atoms with van der Waals surface area (Å²) in [5.41, 5.74) is 8.60. The maximum Gasteiger partial charge on any atom is 0.0370 e. The Hall–Kier alpha value is -0.540. The standard InChI is InChI=1S/C13H19BrN2/c1-2-13(5-6-13)9-16-8-10-3-4-11(14)7-12(10)15/h3-4,7,16H,2,5-6,8-9,15H2,1H3. The van der Waals surface area contributed by atoms with Gasteiger partial charge in [0.25, 0.3) is 0 Å². The van der Waals surface area contributed by atoms with E-state index in [0.29, 0.717) is 5.41 Å². The number of benzene rings is 1. The van der Waals surface area contributed by atoms with Crippen LogP contribution in [0.4, 0.5) is 5.69 Å². The summed E-state index contributed by atoms with van der Waals surface area (Å²) in [6.07, 6.45) is 4.05. The maximum atomic E-state index is 5.95. The fourth-order valence-electron chi connectivity index (χ4n) is 2.02. The number of nitrogens with one attached hydrogen (secondary N) is 1. The van der Waals surface area contributed by atoms with Crippen molar-refractivity contribution in [1.82, 2.24) is 5.32 Å². The van der Waals surface area contributed by atoms with Gasteiger partial charge in [-0.3, -0.25) is 0 Å². The van der Waals surface area contributed by atoms with Crippen molar-refractivity contribution in [3.63, 3.8) is 0 Å². The lowest BCUT2D eigenvalue weighted by Crippen LogP contribution is -2.23. The molecule has 0 saturated heterocycles. The van der Waals surface area contributed by atoms with Gasteiger partial charge < -0.3 is 11.1 Å². The predicted octanol–water partition coefficient (Wildman–Crippen LogP) is 3.31. The Kier molecular flexibility index (Phi) is 3.55. The highest BCUT2D eigenvalue weighted by Crippen LogP contribution is 2.47. The molecule has 1 aromatic rings. The zero-order valence-corrected chi connectivity index (χ0v) is 11.3. The third-order valence-corrected chi connectivity index (χ3v) is 4.12. The molecule has 3 heteroatoms. The first-order chi connectivity index (χ1) is 7.65. The van der Waals surface area contributed by atoms with Crippen LogP contribution >= 0.6 is 15.9 Å². The van der Waals surface area contributed by atoms with Gasteiger partial charge in [0.1, 0.15) is 0 Å². The Bertz CT molecular complexity index is 372. The Balaban J connectivity index is 1.85. The van der Waals surface area contributed by atoms with Crippen molar-refractivity contribution in [3.05, 3.63) is 28.2 Å². The monoisotopic (exact) mass is 282 g/mol. The summed E-state index contributed by atoms with van der Waals surface area (Å²) in [4.78, 5) is 0. The molecule has 0 atom stereocenters. The summed E-state index contributed by atoms with van der Waals surface area (Å²) in [7, 11) is 0. The fourth-order valence-corrected chi connectivity index (χ4v) is 2.40. The molecule has 1 aromatic carbocycles. The molecule has 0 radical (unpaired) electrons. The number of halogens is 1. The first-order valence-corrected chi connectivity index (χ1v) is 6.69. The number of hydrogen-bond acceptors (Lipinski definition) is 2. The van der Waals surface area contributed by atoms with Crippen LogP contribution in [0.25, 0.3) is 0 Å². The quantitative estimate of drug-likeness (QED) is 0.814. The lowest BCUT2D eigenvalue weighted by atomic mass is 10.0. The molecule has 2 rings (SSSR count). The topological polar surface area (TPSA) is 38.0 Å². The Morgan fingerprint density at radius 1 is 1.44 bits per heavy atom. The van der Waals surface area contributed by atoms with Crippen molar-refractivity contribution in [1.29, 1.82) is 0 Å². The summed E-state index contributed by atoms with van der Waals surface area (Å²) in [6, 6.07) is 6.09. The van der Waals surface area contributed by atoms with E-state index in [9.17, 15) is 0 Å². The van der Waals surface area contributed by atoms with Crippen molar-refractivity contribution in [2.24, 2.45) is 5.41 Å². The molecule has 0 heterocycles. The highest BCUT2D eigenvalue weighted by atomic mass is 79.9. The molecule has 2 nitrogen and oxygen atoms in total. The molecule has 1 saturated carbocycles. The van der Waals surface area contributed by atoms with E-state index < -0.39 is 0 Å². The van der Waals surface area contributed by atoms with Gasteiger partial charge in [0, 0.05) is 23.2 Å². The van der Waals surface area contributed by atoms with Crippen LogP contribution in [0.3, 0.4) is 0 Å². The molecule has 3 N–H and O–H groups in total. The number of nitrogens with two attached hydrogens (primary N) is 1. The summed E-state index contributed by atoms with van der Waals surface area (Å²) >= 11 is 3.42. The average Bonchev–Trinajstić information content (AvgIpc) is 3.02. The van der Waals surface area contributed by atoms with Crippen LogP contribution in [0, 0.1) is 5.41 Å². The zero-order valence-electron chi connectivity index (χ0n) is 9.72. The van der Waals surface area contributed by atoms with Gasteiger partial charge in [0.2, 0.25) is 0 Å². The van der Waals surface area contributed by atoms with E-state index in [4.69, 9.17) is 5.73 Å². The number of rotatable bonds is 5. The van der Waals surface area contributed by atoms with E-state index in [2.05, 4.69) is 34.2 Å². The molecular weight excluding hydrogens is 264 g/mol. The minimum atomic E-state index is 0.601. The third kappa shape index (κ3) is 2.77. The van der Waals surface area contributed by atoms with Crippen molar-refractivity contribution in [2.75, 3.05) is 12.3 Å². The second kappa shape index (κ2) is 4.76. The average molecular weight is 283 g/mol.